The molecular formula is C2H6AuOSr. The molecule has 0 aromatic heterocycles. The fraction of sp³-hybridized carbons (Fsp3) is 1.00. The van der Waals surface area contributed by atoms with Gasteiger partial charge < -0.3 is 5.11 Å². The van der Waals surface area contributed by atoms with Gasteiger partial charge in [0, 0.05) is 74.5 Å². The smallest absolute Gasteiger partial charge is 0.0402 e. The predicted octanol–water partition coefficient (Wildman–Crippen LogP) is -0.385. The van der Waals surface area contributed by atoms with Gasteiger partial charge in [0.25, 0.3) is 0 Å². The van der Waals surface area contributed by atoms with E-state index in [1.165, 1.54) is 0 Å². The first kappa shape index (κ1) is 15.7. The number of aliphatic hydroxyl groups is 1. The van der Waals surface area contributed by atoms with Crippen molar-refractivity contribution in [3.63, 3.8) is 0 Å². The van der Waals surface area contributed by atoms with Crippen molar-refractivity contribution >= 4 is 45.5 Å². The van der Waals surface area contributed by atoms with E-state index in [1.807, 2.05) is 0 Å². The maximum atomic E-state index is 7.57. The van der Waals surface area contributed by atoms with Crippen LogP contribution >= 0.6 is 0 Å². The quantitative estimate of drug-likeness (QED) is 0.600. The van der Waals surface area contributed by atoms with Gasteiger partial charge in [0.2, 0.25) is 0 Å². The van der Waals surface area contributed by atoms with Gasteiger partial charge in [-0.1, -0.05) is 0 Å². The van der Waals surface area contributed by atoms with E-state index in [2.05, 4.69) is 0 Å². The number of hydrogen-bond donors (Lipinski definition) is 1. The second kappa shape index (κ2) is 16.4. The second-order valence-electron chi connectivity index (χ2n) is 0.316. The van der Waals surface area contributed by atoms with Crippen molar-refractivity contribution in [2.45, 2.75) is 6.92 Å². The van der Waals surface area contributed by atoms with E-state index < -0.39 is 0 Å². The molecule has 0 aromatic rings. The van der Waals surface area contributed by atoms with Gasteiger partial charge in [-0.25, -0.2) is 0 Å². The van der Waals surface area contributed by atoms with Gasteiger partial charge >= 0.3 is 0 Å². The van der Waals surface area contributed by atoms with Gasteiger partial charge in [-0.2, -0.15) is 0 Å². The first-order valence-electron chi connectivity index (χ1n) is 1.02. The van der Waals surface area contributed by atoms with Gasteiger partial charge in [0.05, 0.1) is 0 Å². The zero-order valence-electron chi connectivity index (χ0n) is 3.16. The van der Waals surface area contributed by atoms with Crippen LogP contribution in [0.4, 0.5) is 0 Å². The molecule has 0 bridgehead atoms. The average molecular weight is 331 g/mol. The summed E-state index contributed by atoms with van der Waals surface area (Å²) in [5.41, 5.74) is 0. The Labute approximate surface area is 84.9 Å². The zero-order valence-corrected chi connectivity index (χ0v) is 8.81. The first-order chi connectivity index (χ1) is 1.41. The standard InChI is InChI=1S/C2H6O.Au.Sr/c1-2-3;;/h3H,2H2,1H3;;. The van der Waals surface area contributed by atoms with Crippen LogP contribution in [-0.2, 0) is 22.4 Å². The number of rotatable bonds is 0. The minimum Gasteiger partial charge on any atom is -0.397 e. The fourth-order valence-corrected chi connectivity index (χ4v) is 0. The third kappa shape index (κ3) is 22.7. The molecule has 0 aliphatic heterocycles. The van der Waals surface area contributed by atoms with Crippen LogP contribution in [0.3, 0.4) is 0 Å². The minimum absolute atomic E-state index is 0. The summed E-state index contributed by atoms with van der Waals surface area (Å²) in [7, 11) is 0. The van der Waals surface area contributed by atoms with Crippen molar-refractivity contribution in [3.05, 3.63) is 0 Å². The van der Waals surface area contributed by atoms with Crippen LogP contribution in [0.1, 0.15) is 6.92 Å². The molecule has 1 nitrogen and oxygen atoms in total. The van der Waals surface area contributed by atoms with Gasteiger partial charge in [-0.15, -0.1) is 0 Å². The van der Waals surface area contributed by atoms with Crippen molar-refractivity contribution in [1.82, 2.24) is 0 Å². The van der Waals surface area contributed by atoms with Crippen LogP contribution in [-0.4, -0.2) is 57.2 Å². The summed E-state index contributed by atoms with van der Waals surface area (Å²) in [6.07, 6.45) is 0. The summed E-state index contributed by atoms with van der Waals surface area (Å²) in [4.78, 5) is 0. The van der Waals surface area contributed by atoms with Crippen LogP contribution in [0.15, 0.2) is 0 Å². The molecule has 3 radical (unpaired) electrons. The third-order valence-electron chi connectivity index (χ3n) is 0. The Morgan fingerprint density at radius 3 is 1.60 bits per heavy atom. The van der Waals surface area contributed by atoms with E-state index in [-0.39, 0.29) is 74.5 Å². The summed E-state index contributed by atoms with van der Waals surface area (Å²) in [5, 5.41) is 7.57. The first-order valence-corrected chi connectivity index (χ1v) is 1.02. The SMILES string of the molecule is CCO.[Au].[Sr]. The molecular weight excluding hydrogens is 325 g/mol. The molecule has 0 rings (SSSR count). The molecule has 0 saturated carbocycles. The Balaban J connectivity index is -0.0000000200. The summed E-state index contributed by atoms with van der Waals surface area (Å²) in [5.74, 6) is 0. The molecule has 33 valence electrons. The Morgan fingerprint density at radius 1 is 1.60 bits per heavy atom. The molecule has 0 saturated heterocycles. The summed E-state index contributed by atoms with van der Waals surface area (Å²) in [6.45, 7) is 1.93. The van der Waals surface area contributed by atoms with E-state index in [0.717, 1.165) is 0 Å². The van der Waals surface area contributed by atoms with Crippen LogP contribution in [0.2, 0.25) is 0 Å². The Kier molecular flexibility index (Phi) is 51.5. The molecule has 0 amide bonds. The molecule has 5 heavy (non-hydrogen) atoms. The van der Waals surface area contributed by atoms with Crippen molar-refractivity contribution in [2.75, 3.05) is 6.61 Å². The van der Waals surface area contributed by atoms with Crippen molar-refractivity contribution < 1.29 is 27.5 Å². The maximum absolute atomic E-state index is 7.57. The Hall–Kier alpha value is 2.18. The number of hydrogen-bond acceptors (Lipinski definition) is 1. The normalized spacial score (nSPS) is 3.60. The summed E-state index contributed by atoms with van der Waals surface area (Å²) >= 11 is 0. The maximum Gasteiger partial charge on any atom is 0.0402 e. The minimum atomic E-state index is 0. The van der Waals surface area contributed by atoms with Gasteiger partial charge in [0.1, 0.15) is 0 Å². The van der Waals surface area contributed by atoms with Crippen molar-refractivity contribution in [2.24, 2.45) is 0 Å². The molecule has 0 unspecified atom stereocenters. The van der Waals surface area contributed by atoms with Gasteiger partial charge in [-0.05, 0) is 6.92 Å². The van der Waals surface area contributed by atoms with E-state index in [0.29, 0.717) is 0 Å². The van der Waals surface area contributed by atoms with E-state index >= 15 is 0 Å². The molecule has 1 N–H and O–H groups in total. The molecule has 0 aromatic carbocycles. The van der Waals surface area contributed by atoms with E-state index in [1.54, 1.807) is 6.92 Å². The molecule has 0 spiro atoms. The summed E-state index contributed by atoms with van der Waals surface area (Å²) in [6, 6.07) is 0. The summed E-state index contributed by atoms with van der Waals surface area (Å²) < 4.78 is 0. The van der Waals surface area contributed by atoms with E-state index in [4.69, 9.17) is 5.11 Å². The van der Waals surface area contributed by atoms with E-state index in [9.17, 15) is 0 Å². The molecule has 0 aliphatic rings. The van der Waals surface area contributed by atoms with Gasteiger partial charge in [-0.3, -0.25) is 0 Å². The van der Waals surface area contributed by atoms with Crippen LogP contribution in [0.25, 0.3) is 0 Å². The predicted molar refractivity (Wildman–Crippen MR) is 18.5 cm³/mol. The Morgan fingerprint density at radius 2 is 1.60 bits per heavy atom. The molecule has 0 aliphatic carbocycles. The molecule has 0 fully saturated rings. The second-order valence-corrected chi connectivity index (χ2v) is 0.316. The molecule has 0 heterocycles. The monoisotopic (exact) mass is 331 g/mol. The van der Waals surface area contributed by atoms with Gasteiger partial charge in [0.15, 0.2) is 0 Å². The zero-order chi connectivity index (χ0) is 2.71. The average Bonchev–Trinajstić information content (AvgIpc) is 0.918. The topological polar surface area (TPSA) is 20.2 Å². The van der Waals surface area contributed by atoms with Crippen molar-refractivity contribution in [1.29, 1.82) is 0 Å². The van der Waals surface area contributed by atoms with Crippen LogP contribution in [0, 0.1) is 0 Å². The van der Waals surface area contributed by atoms with Crippen LogP contribution < -0.4 is 0 Å². The largest absolute Gasteiger partial charge is 0.397 e. The molecule has 3 heteroatoms. The third-order valence-corrected chi connectivity index (χ3v) is 0. The fourth-order valence-electron chi connectivity index (χ4n) is 0. The molecule has 0 atom stereocenters. The van der Waals surface area contributed by atoms with Crippen molar-refractivity contribution in [3.8, 4) is 0 Å². The van der Waals surface area contributed by atoms with Crippen LogP contribution in [0.5, 0.6) is 0 Å². The number of aliphatic hydroxyl groups excluding tert-OH is 1. The Bertz CT molecular complexity index is 9.61.